The molecule has 9 heteroatoms. The fourth-order valence-corrected chi connectivity index (χ4v) is 3.35. The van der Waals surface area contributed by atoms with Crippen molar-refractivity contribution in [1.82, 2.24) is 10.6 Å². The van der Waals surface area contributed by atoms with Crippen molar-refractivity contribution in [3.8, 4) is 17.2 Å². The zero-order chi connectivity index (χ0) is 23.1. The molecule has 0 bridgehead atoms. The Morgan fingerprint density at radius 1 is 0.906 bits per heavy atom. The highest BCUT2D eigenvalue weighted by atomic mass is 16.6. The summed E-state index contributed by atoms with van der Waals surface area (Å²) in [5, 5.41) is 19.0. The molecule has 0 fully saturated rings. The van der Waals surface area contributed by atoms with Crippen LogP contribution in [-0.4, -0.2) is 38.8 Å². The van der Waals surface area contributed by atoms with Crippen LogP contribution in [-0.2, 0) is 13.0 Å². The molecule has 0 radical (unpaired) electrons. The summed E-state index contributed by atoms with van der Waals surface area (Å²) in [6.07, 6.45) is 0.266. The first-order valence-electron chi connectivity index (χ1n) is 9.92. The van der Waals surface area contributed by atoms with Crippen LogP contribution in [0.2, 0.25) is 0 Å². The van der Waals surface area contributed by atoms with E-state index in [9.17, 15) is 14.9 Å². The average Bonchev–Trinajstić information content (AvgIpc) is 2.81. The van der Waals surface area contributed by atoms with Crippen molar-refractivity contribution in [3.63, 3.8) is 0 Å². The molecule has 0 spiro atoms. The number of ether oxygens (including phenoxy) is 3. The number of amides is 2. The lowest BCUT2D eigenvalue weighted by atomic mass is 10.1. The Labute approximate surface area is 185 Å². The summed E-state index contributed by atoms with van der Waals surface area (Å²) in [6, 6.07) is 14.2. The zero-order valence-corrected chi connectivity index (χ0v) is 18.1. The predicted molar refractivity (Wildman–Crippen MR) is 121 cm³/mol. The molecule has 0 aliphatic carbocycles. The van der Waals surface area contributed by atoms with Gasteiger partial charge in [-0.3, -0.25) is 10.1 Å². The van der Waals surface area contributed by atoms with Crippen LogP contribution < -0.4 is 24.8 Å². The molecule has 3 aromatic rings. The van der Waals surface area contributed by atoms with Crippen molar-refractivity contribution >= 4 is 22.5 Å². The van der Waals surface area contributed by atoms with E-state index in [1.807, 2.05) is 36.4 Å². The van der Waals surface area contributed by atoms with Gasteiger partial charge in [-0.1, -0.05) is 18.2 Å². The van der Waals surface area contributed by atoms with E-state index in [0.717, 1.165) is 22.1 Å². The Bertz CT molecular complexity index is 1130. The first kappa shape index (κ1) is 22.7. The summed E-state index contributed by atoms with van der Waals surface area (Å²) in [7, 11) is 4.50. The van der Waals surface area contributed by atoms with Gasteiger partial charge in [0.15, 0.2) is 11.5 Å². The molecule has 0 aliphatic rings. The third-order valence-electron chi connectivity index (χ3n) is 5.03. The number of nitro benzene ring substituents is 1. The molecule has 0 saturated heterocycles. The van der Waals surface area contributed by atoms with E-state index in [1.165, 1.54) is 20.3 Å². The zero-order valence-electron chi connectivity index (χ0n) is 18.1. The van der Waals surface area contributed by atoms with E-state index in [1.54, 1.807) is 13.2 Å². The summed E-state index contributed by atoms with van der Waals surface area (Å²) in [4.78, 5) is 23.1. The fraction of sp³-hybridized carbons (Fsp3) is 0.261. The predicted octanol–water partition coefficient (Wildman–Crippen LogP) is 3.82. The number of carbonyl (C=O) groups excluding carboxylic acids is 1. The van der Waals surface area contributed by atoms with Crippen LogP contribution in [0.15, 0.2) is 48.5 Å². The van der Waals surface area contributed by atoms with Crippen molar-refractivity contribution in [1.29, 1.82) is 0 Å². The molecule has 0 saturated carbocycles. The number of carbonyl (C=O) groups is 1. The largest absolute Gasteiger partial charge is 0.497 e. The van der Waals surface area contributed by atoms with Crippen LogP contribution in [0, 0.1) is 10.1 Å². The Morgan fingerprint density at radius 3 is 2.28 bits per heavy atom. The third-order valence-corrected chi connectivity index (χ3v) is 5.03. The van der Waals surface area contributed by atoms with Crippen LogP contribution in [0.5, 0.6) is 17.2 Å². The topological polar surface area (TPSA) is 112 Å². The second-order valence-electron chi connectivity index (χ2n) is 7.00. The number of hydrogen-bond acceptors (Lipinski definition) is 6. The highest BCUT2D eigenvalue weighted by Gasteiger charge is 2.19. The Morgan fingerprint density at radius 2 is 1.59 bits per heavy atom. The maximum atomic E-state index is 12.2. The number of rotatable bonds is 9. The molecule has 0 aliphatic heterocycles. The van der Waals surface area contributed by atoms with Crippen molar-refractivity contribution < 1.29 is 23.9 Å². The normalized spacial score (nSPS) is 10.5. The van der Waals surface area contributed by atoms with E-state index < -0.39 is 4.92 Å². The molecule has 0 atom stereocenters. The minimum absolute atomic E-state index is 0.0855. The van der Waals surface area contributed by atoms with Crippen molar-refractivity contribution in [3.05, 3.63) is 69.8 Å². The van der Waals surface area contributed by atoms with Crippen molar-refractivity contribution in [2.45, 2.75) is 13.0 Å². The van der Waals surface area contributed by atoms with Crippen molar-refractivity contribution in [2.75, 3.05) is 27.9 Å². The number of nitro groups is 1. The van der Waals surface area contributed by atoms with Crippen LogP contribution in [0.25, 0.3) is 10.8 Å². The van der Waals surface area contributed by atoms with E-state index in [4.69, 9.17) is 14.2 Å². The van der Waals surface area contributed by atoms with Gasteiger partial charge in [0, 0.05) is 18.7 Å². The maximum Gasteiger partial charge on any atom is 0.315 e. The lowest BCUT2D eigenvalue weighted by Gasteiger charge is -2.12. The average molecular weight is 439 g/mol. The maximum absolute atomic E-state index is 12.2. The van der Waals surface area contributed by atoms with Gasteiger partial charge in [-0.05, 0) is 47.0 Å². The first-order chi connectivity index (χ1) is 15.4. The molecule has 168 valence electrons. The van der Waals surface area contributed by atoms with Crippen molar-refractivity contribution in [2.24, 2.45) is 0 Å². The highest BCUT2D eigenvalue weighted by molar-refractivity contribution is 5.84. The van der Waals surface area contributed by atoms with Gasteiger partial charge in [0.1, 0.15) is 5.75 Å². The summed E-state index contributed by atoms with van der Waals surface area (Å²) in [5.74, 6) is 1.46. The smallest absolute Gasteiger partial charge is 0.315 e. The quantitative estimate of drug-likeness (QED) is 0.387. The van der Waals surface area contributed by atoms with E-state index in [-0.39, 0.29) is 30.4 Å². The van der Waals surface area contributed by atoms with Gasteiger partial charge in [0.2, 0.25) is 0 Å². The van der Waals surface area contributed by atoms with E-state index in [2.05, 4.69) is 10.6 Å². The highest BCUT2D eigenvalue weighted by Crippen LogP contribution is 2.34. The van der Waals surface area contributed by atoms with Gasteiger partial charge in [-0.25, -0.2) is 4.79 Å². The lowest BCUT2D eigenvalue weighted by molar-refractivity contribution is -0.385. The lowest BCUT2D eigenvalue weighted by Crippen LogP contribution is -2.36. The summed E-state index contributed by atoms with van der Waals surface area (Å²) < 4.78 is 15.6. The van der Waals surface area contributed by atoms with Gasteiger partial charge in [0.25, 0.3) is 5.69 Å². The second kappa shape index (κ2) is 10.3. The minimum atomic E-state index is -0.479. The number of hydrogen-bond donors (Lipinski definition) is 2. The number of benzene rings is 3. The van der Waals surface area contributed by atoms with Crippen LogP contribution >= 0.6 is 0 Å². The van der Waals surface area contributed by atoms with Crippen LogP contribution in [0.4, 0.5) is 10.5 Å². The molecule has 2 N–H and O–H groups in total. The first-order valence-corrected chi connectivity index (χ1v) is 9.92. The molecule has 32 heavy (non-hydrogen) atoms. The second-order valence-corrected chi connectivity index (χ2v) is 7.00. The fourth-order valence-electron chi connectivity index (χ4n) is 3.35. The molecule has 9 nitrogen and oxygen atoms in total. The molecule has 0 aromatic heterocycles. The molecular weight excluding hydrogens is 414 g/mol. The van der Waals surface area contributed by atoms with Crippen LogP contribution in [0.1, 0.15) is 11.1 Å². The number of nitrogens with one attached hydrogen (secondary N) is 2. The molecule has 3 aromatic carbocycles. The number of methoxy groups -OCH3 is 3. The third kappa shape index (κ3) is 5.37. The standard InChI is InChI=1S/C23H25N3O6/c1-30-19-7-6-16-10-15(4-5-17(16)11-19)14-25-23(27)24-9-8-18-12-21(31-2)22(32-3)13-20(18)26(28)29/h4-7,10-13H,8-9,14H2,1-3H3,(H2,24,25,27). The summed E-state index contributed by atoms with van der Waals surface area (Å²) in [6.45, 7) is 0.573. The van der Waals surface area contributed by atoms with Gasteiger partial charge in [0.05, 0.1) is 32.3 Å². The molecule has 3 rings (SSSR count). The van der Waals surface area contributed by atoms with Gasteiger partial charge in [-0.2, -0.15) is 0 Å². The SMILES string of the molecule is COc1ccc2cc(CNC(=O)NCCc3cc(OC)c(OC)cc3[N+](=O)[O-])ccc2c1. The number of fused-ring (bicyclic) bond motifs is 1. The monoisotopic (exact) mass is 439 g/mol. The Hall–Kier alpha value is -4.01. The van der Waals surface area contributed by atoms with Gasteiger partial charge >= 0.3 is 6.03 Å². The van der Waals surface area contributed by atoms with E-state index >= 15 is 0 Å². The van der Waals surface area contributed by atoms with Gasteiger partial charge in [-0.15, -0.1) is 0 Å². The summed E-state index contributed by atoms with van der Waals surface area (Å²) >= 11 is 0. The van der Waals surface area contributed by atoms with Crippen LogP contribution in [0.3, 0.4) is 0 Å². The van der Waals surface area contributed by atoms with Gasteiger partial charge < -0.3 is 24.8 Å². The van der Waals surface area contributed by atoms with E-state index in [0.29, 0.717) is 17.9 Å². The molecule has 0 unspecified atom stereocenters. The summed E-state index contributed by atoms with van der Waals surface area (Å²) in [5.41, 5.74) is 1.31. The Balaban J connectivity index is 1.56. The number of urea groups is 1. The number of nitrogens with zero attached hydrogens (tertiary/aromatic N) is 1. The Kier molecular flexibility index (Phi) is 7.33. The minimum Gasteiger partial charge on any atom is -0.497 e. The molecule has 0 heterocycles. The molecular formula is C23H25N3O6. The molecule has 2 amide bonds.